The Morgan fingerprint density at radius 2 is 1.15 bits per heavy atom. The van der Waals surface area contributed by atoms with E-state index in [0.717, 1.165) is 94.5 Å². The molecule has 9 nitrogen and oxygen atoms in total. The zero-order chi connectivity index (χ0) is 49.5. The third-order valence-corrected chi connectivity index (χ3v) is 17.6. The van der Waals surface area contributed by atoms with Gasteiger partial charge in [-0.15, -0.1) is 0 Å². The molecule has 0 amide bonds. The highest BCUT2D eigenvalue weighted by Crippen LogP contribution is 2.72. The van der Waals surface area contributed by atoms with E-state index in [1.807, 2.05) is 118 Å². The fourth-order valence-electron chi connectivity index (χ4n) is 14.5. The summed E-state index contributed by atoms with van der Waals surface area (Å²) in [5.41, 5.74) is 0.556. The van der Waals surface area contributed by atoms with Gasteiger partial charge in [0, 0.05) is 12.5 Å². The van der Waals surface area contributed by atoms with Crippen LogP contribution in [0.4, 0.5) is 0 Å². The Bertz CT molecular complexity index is 3070. The Morgan fingerprint density at radius 3 is 1.69 bits per heavy atom. The van der Waals surface area contributed by atoms with Crippen LogP contribution in [0, 0.1) is 35.0 Å². The van der Waals surface area contributed by atoms with E-state index < -0.39 is 23.5 Å². The molecule has 4 saturated carbocycles. The SMILES string of the molecule is CC(C)(C)OC(=O)CCCC1CCC2[C@@H]3CCC4C[C@H](OC(=O)c5cc(OC(=O)c6c7ccccc7cc7ccccc67)cc(OC(=O)c6c7ccccc7cc7ccccc67)c5)CCC4(C)C3C[C@@H]3OC123. The van der Waals surface area contributed by atoms with Crippen molar-refractivity contribution in [2.75, 3.05) is 0 Å². The minimum atomic E-state index is -0.601. The van der Waals surface area contributed by atoms with Crippen LogP contribution in [0.1, 0.15) is 129 Å². The van der Waals surface area contributed by atoms with Gasteiger partial charge in [-0.1, -0.05) is 104 Å². The summed E-state index contributed by atoms with van der Waals surface area (Å²) in [5.74, 6) is 0.866. The van der Waals surface area contributed by atoms with Gasteiger partial charge in [0.25, 0.3) is 0 Å². The van der Waals surface area contributed by atoms with E-state index in [2.05, 4.69) is 19.1 Å². The Hall–Kier alpha value is -6.58. The summed E-state index contributed by atoms with van der Waals surface area (Å²) < 4.78 is 31.3. The standard InChI is InChI=1S/C63H62O9/c1-61(2,3)72-55(64)23-13-18-42-25-27-52-51-26-24-43-34-44(28-29-62(43,4)53(51)36-54-63(42,52)71-54)68-58(65)41-32-45(69-59(66)56-47-19-9-5-14-37(47)30-38-15-6-10-20-48(38)56)35-46(33-41)70-60(67)57-49-21-11-7-16-39(49)31-40-17-8-12-22-50(40)57/h5-12,14-17,19-22,30-33,35,42-44,51-54H,13,18,23-29,34,36H2,1-4H3/t42?,43?,44-,51+,52?,53?,54+,62?,63?/m1/s1. The number of benzene rings is 7. The van der Waals surface area contributed by atoms with Crippen LogP contribution >= 0.6 is 0 Å². The fourth-order valence-corrected chi connectivity index (χ4v) is 14.5. The first-order valence-corrected chi connectivity index (χ1v) is 26.3. The Labute approximate surface area is 420 Å². The third kappa shape index (κ3) is 8.22. The van der Waals surface area contributed by atoms with E-state index in [-0.39, 0.29) is 46.3 Å². The second-order valence-electron chi connectivity index (χ2n) is 22.8. The van der Waals surface area contributed by atoms with Crippen LogP contribution in [0.15, 0.2) is 127 Å². The number of carbonyl (C=O) groups is 4. The van der Waals surface area contributed by atoms with Crippen molar-refractivity contribution in [2.45, 2.75) is 122 Å². The molecule has 12 rings (SSSR count). The van der Waals surface area contributed by atoms with Crippen LogP contribution in [0.5, 0.6) is 11.5 Å². The largest absolute Gasteiger partial charge is 0.460 e. The molecule has 5 aliphatic rings. The smallest absolute Gasteiger partial charge is 0.344 e. The number of ether oxygens (including phenoxy) is 5. The van der Waals surface area contributed by atoms with E-state index in [4.69, 9.17) is 23.7 Å². The van der Waals surface area contributed by atoms with Gasteiger partial charge in [-0.2, -0.15) is 0 Å². The van der Waals surface area contributed by atoms with Crippen molar-refractivity contribution < 1.29 is 42.9 Å². The molecule has 9 atom stereocenters. The predicted molar refractivity (Wildman–Crippen MR) is 278 cm³/mol. The summed E-state index contributed by atoms with van der Waals surface area (Å²) in [6.07, 6.45) is 10.4. The van der Waals surface area contributed by atoms with Gasteiger partial charge in [0.2, 0.25) is 0 Å². The van der Waals surface area contributed by atoms with Crippen LogP contribution in [0.2, 0.25) is 0 Å². The molecule has 9 heteroatoms. The molecule has 4 aliphatic carbocycles. The van der Waals surface area contributed by atoms with E-state index >= 15 is 0 Å². The summed E-state index contributed by atoms with van der Waals surface area (Å²) in [5, 5.41) is 6.52. The van der Waals surface area contributed by atoms with Gasteiger partial charge in [0.15, 0.2) is 0 Å². The lowest BCUT2D eigenvalue weighted by Gasteiger charge is -2.58. The molecule has 1 saturated heterocycles. The molecule has 7 aromatic rings. The molecule has 72 heavy (non-hydrogen) atoms. The number of carbonyl (C=O) groups excluding carboxylic acids is 4. The van der Waals surface area contributed by atoms with Gasteiger partial charge in [0.1, 0.15) is 28.8 Å². The Balaban J connectivity index is 0.789. The maximum atomic E-state index is 14.5. The molecule has 1 heterocycles. The Morgan fingerprint density at radius 1 is 0.611 bits per heavy atom. The second-order valence-corrected chi connectivity index (χ2v) is 22.8. The number of rotatable bonds is 10. The summed E-state index contributed by atoms with van der Waals surface area (Å²) in [6.45, 7) is 8.25. The minimum absolute atomic E-state index is 0.0214. The van der Waals surface area contributed by atoms with Crippen LogP contribution in [-0.4, -0.2) is 47.3 Å². The average molecular weight is 963 g/mol. The second kappa shape index (κ2) is 17.9. The first kappa shape index (κ1) is 46.5. The lowest BCUT2D eigenvalue weighted by Crippen LogP contribution is -2.54. The summed E-state index contributed by atoms with van der Waals surface area (Å²) in [4.78, 5) is 56.0. The molecule has 0 N–H and O–H groups in total. The summed E-state index contributed by atoms with van der Waals surface area (Å²) in [6, 6.07) is 39.4. The van der Waals surface area contributed by atoms with E-state index in [1.165, 1.54) is 31.0 Å². The summed E-state index contributed by atoms with van der Waals surface area (Å²) >= 11 is 0. The van der Waals surface area contributed by atoms with Crippen LogP contribution in [0.3, 0.4) is 0 Å². The lowest BCUT2D eigenvalue weighted by atomic mass is 9.47. The van der Waals surface area contributed by atoms with E-state index in [9.17, 15) is 19.2 Å². The van der Waals surface area contributed by atoms with Crippen molar-refractivity contribution in [2.24, 2.45) is 35.0 Å². The van der Waals surface area contributed by atoms with Gasteiger partial charge in [0.05, 0.1) is 22.8 Å². The van der Waals surface area contributed by atoms with Crippen molar-refractivity contribution in [1.29, 1.82) is 0 Å². The van der Waals surface area contributed by atoms with Gasteiger partial charge in [-0.25, -0.2) is 14.4 Å². The zero-order valence-electron chi connectivity index (χ0n) is 41.6. The van der Waals surface area contributed by atoms with Gasteiger partial charge >= 0.3 is 23.9 Å². The molecule has 5 fully saturated rings. The molecule has 0 bridgehead atoms. The van der Waals surface area contributed by atoms with Crippen LogP contribution in [-0.2, 0) is 19.0 Å². The number of epoxide rings is 1. The first-order chi connectivity index (χ1) is 34.8. The first-order valence-electron chi connectivity index (χ1n) is 26.3. The molecule has 1 spiro atoms. The van der Waals surface area contributed by atoms with Crippen molar-refractivity contribution in [1.82, 2.24) is 0 Å². The predicted octanol–water partition coefficient (Wildman–Crippen LogP) is 14.2. The Kier molecular flexibility index (Phi) is 11.5. The van der Waals surface area contributed by atoms with Crippen LogP contribution in [0.25, 0.3) is 43.1 Å². The highest BCUT2D eigenvalue weighted by atomic mass is 16.6. The van der Waals surface area contributed by atoms with Gasteiger partial charge in [-0.05, 0) is 187 Å². The fraction of sp³-hybridized carbons (Fsp3) is 0.397. The van der Waals surface area contributed by atoms with Crippen molar-refractivity contribution >= 4 is 67.0 Å². The highest BCUT2D eigenvalue weighted by molar-refractivity contribution is 6.18. The molecule has 7 aromatic carbocycles. The summed E-state index contributed by atoms with van der Waals surface area (Å²) in [7, 11) is 0. The number of esters is 4. The van der Waals surface area contributed by atoms with Crippen LogP contribution < -0.4 is 9.47 Å². The topological polar surface area (TPSA) is 118 Å². The molecule has 368 valence electrons. The molecule has 0 aromatic heterocycles. The average Bonchev–Trinajstić information content (AvgIpc) is 3.99. The lowest BCUT2D eigenvalue weighted by molar-refractivity contribution is -0.155. The molecular weight excluding hydrogens is 901 g/mol. The van der Waals surface area contributed by atoms with E-state index in [1.54, 1.807) is 0 Å². The van der Waals surface area contributed by atoms with Gasteiger partial charge < -0.3 is 23.7 Å². The van der Waals surface area contributed by atoms with E-state index in [0.29, 0.717) is 47.1 Å². The monoisotopic (exact) mass is 962 g/mol. The van der Waals surface area contributed by atoms with Crippen molar-refractivity contribution in [3.63, 3.8) is 0 Å². The molecule has 1 aliphatic heterocycles. The zero-order valence-corrected chi connectivity index (χ0v) is 41.6. The van der Waals surface area contributed by atoms with Crippen molar-refractivity contribution in [3.05, 3.63) is 144 Å². The quantitative estimate of drug-likeness (QED) is 0.0571. The van der Waals surface area contributed by atoms with Gasteiger partial charge in [-0.3, -0.25) is 4.79 Å². The normalized spacial score (nSPS) is 27.3. The maximum absolute atomic E-state index is 14.5. The number of fused-ring (bicyclic) bond motifs is 8. The third-order valence-electron chi connectivity index (χ3n) is 17.6. The molecular formula is C63H62O9. The highest BCUT2D eigenvalue weighted by Gasteiger charge is 2.74. The molecule has 6 unspecified atom stereocenters. The van der Waals surface area contributed by atoms with Crippen molar-refractivity contribution in [3.8, 4) is 11.5 Å². The number of hydrogen-bond donors (Lipinski definition) is 0. The maximum Gasteiger partial charge on any atom is 0.344 e. The molecule has 0 radical (unpaired) electrons. The minimum Gasteiger partial charge on any atom is -0.460 e. The number of hydrogen-bond acceptors (Lipinski definition) is 9.